The maximum atomic E-state index is 11.8. The Kier molecular flexibility index (Phi) is 9.64. The van der Waals surface area contributed by atoms with Crippen molar-refractivity contribution in [3.8, 4) is 6.07 Å². The summed E-state index contributed by atoms with van der Waals surface area (Å²) in [5.74, 6) is 0.165. The number of thioether (sulfide) groups is 1. The van der Waals surface area contributed by atoms with Gasteiger partial charge in [-0.25, -0.2) is 0 Å². The minimum Gasteiger partial charge on any atom is -0.789 e. The molecule has 0 amide bonds. The molecular weight excluding hydrogens is 295 g/mol. The van der Waals surface area contributed by atoms with E-state index in [0.717, 1.165) is 0 Å². The number of nitrogens with zero attached hydrogens (tertiary/aromatic N) is 1. The number of esters is 1. The molecule has 0 aliphatic heterocycles. The highest BCUT2D eigenvalue weighted by Gasteiger charge is 2.21. The fourth-order valence-electron chi connectivity index (χ4n) is 1.05. The van der Waals surface area contributed by atoms with Crippen LogP contribution in [0.4, 0.5) is 0 Å². The fraction of sp³-hybridized carbons (Fsp3) is 0.778. The van der Waals surface area contributed by atoms with Crippen LogP contribution in [0.1, 0.15) is 12.8 Å². The molecule has 0 saturated heterocycles. The second-order valence-electron chi connectivity index (χ2n) is 3.23. The average molecular weight is 311 g/mol. The Morgan fingerprint density at radius 3 is 2.89 bits per heavy atom. The number of carbonyl (C=O) groups is 1. The molecule has 0 aromatic heterocycles. The first-order valence-electron chi connectivity index (χ1n) is 5.14. The Morgan fingerprint density at radius 2 is 2.39 bits per heavy atom. The number of hydrogen-bond donors (Lipinski definition) is 1. The van der Waals surface area contributed by atoms with Gasteiger partial charge in [-0.2, -0.15) is 17.0 Å². The minimum atomic E-state index is -3.51. The van der Waals surface area contributed by atoms with Gasteiger partial charge in [-0.1, -0.05) is 11.8 Å². The normalized spacial score (nSPS) is 15.4. The van der Waals surface area contributed by atoms with E-state index in [9.17, 15) is 9.69 Å². The Hall–Kier alpha value is -0.160. The maximum Gasteiger partial charge on any atom is 0.323 e. The predicted molar refractivity (Wildman–Crippen MR) is 72.4 cm³/mol. The average Bonchev–Trinajstić information content (AvgIpc) is 2.33. The number of carbonyl (C=O) groups excluding carboxylic acids is 1. The Bertz CT molecular complexity index is 348. The third kappa shape index (κ3) is 8.03. The van der Waals surface area contributed by atoms with Crippen molar-refractivity contribution in [3.63, 3.8) is 0 Å². The van der Waals surface area contributed by atoms with Crippen LogP contribution in [-0.2, 0) is 25.9 Å². The molecular formula is C9H16N2O4PS2-. The molecule has 0 spiro atoms. The van der Waals surface area contributed by atoms with Gasteiger partial charge in [0, 0.05) is 0 Å². The molecule has 104 valence electrons. The van der Waals surface area contributed by atoms with Crippen LogP contribution < -0.4 is 9.98 Å². The van der Waals surface area contributed by atoms with Crippen molar-refractivity contribution >= 4 is 36.2 Å². The van der Waals surface area contributed by atoms with Crippen molar-refractivity contribution < 1.29 is 18.9 Å². The van der Waals surface area contributed by atoms with E-state index in [2.05, 4.69) is 9.82 Å². The van der Waals surface area contributed by atoms with Gasteiger partial charge in [-0.15, -0.1) is 0 Å². The van der Waals surface area contributed by atoms with Gasteiger partial charge >= 0.3 is 5.97 Å². The molecule has 0 saturated carbocycles. The molecule has 2 unspecified atom stereocenters. The quantitative estimate of drug-likeness (QED) is 0.371. The maximum absolute atomic E-state index is 11.8. The molecule has 9 heteroatoms. The lowest BCUT2D eigenvalue weighted by molar-refractivity contribution is -0.187. The van der Waals surface area contributed by atoms with E-state index < -0.39 is 18.7 Å². The number of ether oxygens (including phenoxy) is 1. The molecule has 0 aliphatic rings. The van der Waals surface area contributed by atoms with Crippen molar-refractivity contribution in [2.24, 2.45) is 0 Å². The number of rotatable bonds is 9. The van der Waals surface area contributed by atoms with E-state index in [0.29, 0.717) is 12.2 Å². The Labute approximate surface area is 116 Å². The molecule has 0 bridgehead atoms. The second kappa shape index (κ2) is 9.73. The first-order chi connectivity index (χ1) is 8.46. The van der Waals surface area contributed by atoms with Crippen LogP contribution in [0.3, 0.4) is 0 Å². The molecule has 0 fully saturated rings. The van der Waals surface area contributed by atoms with Crippen LogP contribution in [0.2, 0.25) is 0 Å². The highest BCUT2D eigenvalue weighted by Crippen LogP contribution is 2.33. The lowest BCUT2D eigenvalue weighted by atomic mass is 10.2. The summed E-state index contributed by atoms with van der Waals surface area (Å²) in [6.07, 6.45) is 2.43. The summed E-state index contributed by atoms with van der Waals surface area (Å²) >= 11 is 6.30. The first kappa shape index (κ1) is 17.8. The third-order valence-electron chi connectivity index (χ3n) is 1.89. The van der Waals surface area contributed by atoms with Crippen molar-refractivity contribution in [2.45, 2.75) is 18.9 Å². The summed E-state index contributed by atoms with van der Waals surface area (Å²) in [5.41, 5.74) is 0. The van der Waals surface area contributed by atoms with E-state index in [4.69, 9.17) is 21.6 Å². The summed E-state index contributed by atoms with van der Waals surface area (Å²) in [7, 11) is 1.25. The second-order valence-corrected chi connectivity index (χ2v) is 7.16. The third-order valence-corrected chi connectivity index (χ3v) is 4.31. The van der Waals surface area contributed by atoms with Crippen molar-refractivity contribution in [1.29, 1.82) is 5.26 Å². The van der Waals surface area contributed by atoms with E-state index in [-0.39, 0.29) is 13.0 Å². The lowest BCUT2D eigenvalue weighted by Crippen LogP contribution is -2.39. The standard InChI is InChI=1S/C9H17N2O4PS2/c1-14-9(12)8(4-7-18-2)11-16(13,17)15-6-3-5-10/h8H,3-4,6-7H2,1-2H3,(H2,11,13,17)/p-1. The van der Waals surface area contributed by atoms with Crippen molar-refractivity contribution in [1.82, 2.24) is 5.09 Å². The summed E-state index contributed by atoms with van der Waals surface area (Å²) < 4.78 is 9.49. The predicted octanol–water partition coefficient (Wildman–Crippen LogP) is 0.386. The molecule has 2 atom stereocenters. The number of hydrogen-bond acceptors (Lipinski definition) is 7. The number of methoxy groups -OCH3 is 1. The highest BCUT2D eigenvalue weighted by atomic mass is 32.5. The molecule has 0 aromatic rings. The van der Waals surface area contributed by atoms with Crippen LogP contribution in [-0.4, -0.2) is 37.7 Å². The first-order valence-corrected chi connectivity index (χ1v) is 9.17. The Balaban J connectivity index is 4.40. The van der Waals surface area contributed by atoms with Gasteiger partial charge in [-0.05, 0) is 18.4 Å². The molecule has 0 aliphatic carbocycles. The largest absolute Gasteiger partial charge is 0.789 e. The number of nitriles is 1. The van der Waals surface area contributed by atoms with Gasteiger partial charge in [0.05, 0.1) is 32.8 Å². The zero-order valence-electron chi connectivity index (χ0n) is 10.2. The molecule has 0 radical (unpaired) electrons. The summed E-state index contributed by atoms with van der Waals surface area (Å²) in [4.78, 5) is 23.3. The molecule has 18 heavy (non-hydrogen) atoms. The van der Waals surface area contributed by atoms with Crippen LogP contribution in [0.25, 0.3) is 0 Å². The van der Waals surface area contributed by atoms with Crippen molar-refractivity contribution in [3.05, 3.63) is 0 Å². The highest BCUT2D eigenvalue weighted by molar-refractivity contribution is 8.07. The zero-order valence-corrected chi connectivity index (χ0v) is 12.8. The topological polar surface area (TPSA) is 94.4 Å². The smallest absolute Gasteiger partial charge is 0.323 e. The van der Waals surface area contributed by atoms with Crippen LogP contribution >= 0.6 is 18.4 Å². The van der Waals surface area contributed by atoms with E-state index in [1.165, 1.54) is 7.11 Å². The monoisotopic (exact) mass is 311 g/mol. The van der Waals surface area contributed by atoms with Gasteiger partial charge in [0.1, 0.15) is 6.04 Å². The van der Waals surface area contributed by atoms with Crippen molar-refractivity contribution in [2.75, 3.05) is 25.7 Å². The molecule has 0 aromatic carbocycles. The van der Waals surface area contributed by atoms with Gasteiger partial charge < -0.3 is 14.2 Å². The zero-order chi connectivity index (χ0) is 14.0. The summed E-state index contributed by atoms with van der Waals surface area (Å²) in [6.45, 7) is -3.54. The van der Waals surface area contributed by atoms with Gasteiger partial charge in [0.25, 0.3) is 0 Å². The van der Waals surface area contributed by atoms with Crippen LogP contribution in [0, 0.1) is 11.3 Å². The molecule has 0 heterocycles. The van der Waals surface area contributed by atoms with E-state index in [1.54, 1.807) is 11.8 Å². The van der Waals surface area contributed by atoms with Gasteiger partial charge in [0.2, 0.25) is 0 Å². The number of nitrogens with one attached hydrogen (secondary N) is 1. The lowest BCUT2D eigenvalue weighted by Gasteiger charge is -2.32. The van der Waals surface area contributed by atoms with Crippen LogP contribution in [0.15, 0.2) is 0 Å². The molecule has 6 nitrogen and oxygen atoms in total. The fourth-order valence-corrected chi connectivity index (χ4v) is 3.15. The molecule has 1 N–H and O–H groups in total. The van der Waals surface area contributed by atoms with Gasteiger partial charge in [0.15, 0.2) is 0 Å². The van der Waals surface area contributed by atoms with Crippen LogP contribution in [0.5, 0.6) is 0 Å². The summed E-state index contributed by atoms with van der Waals surface area (Å²) in [6, 6.07) is 1.09. The minimum absolute atomic E-state index is 0.0271. The Morgan fingerprint density at radius 1 is 1.72 bits per heavy atom. The van der Waals surface area contributed by atoms with E-state index in [1.807, 2.05) is 12.3 Å². The van der Waals surface area contributed by atoms with E-state index >= 15 is 0 Å². The SMILES string of the molecule is COC(=O)C(CCSC)NP([O-])(=S)OCCC#N. The molecule has 0 rings (SSSR count). The summed E-state index contributed by atoms with van der Waals surface area (Å²) in [5, 5.41) is 10.8. The van der Waals surface area contributed by atoms with Gasteiger partial charge in [-0.3, -0.25) is 9.88 Å².